The van der Waals surface area contributed by atoms with Crippen molar-refractivity contribution in [3.8, 4) is 0 Å². The Morgan fingerprint density at radius 1 is 1.27 bits per heavy atom. The molecule has 0 amide bonds. The Labute approximate surface area is 229 Å². The number of aliphatic carboxylic acids is 2. The molecule has 4 aromatic rings. The Balaban J connectivity index is 0.00000181. The lowest BCUT2D eigenvalue weighted by Gasteiger charge is -2.27. The van der Waals surface area contributed by atoms with Gasteiger partial charge in [0.15, 0.2) is 29.7 Å². The van der Waals surface area contributed by atoms with Crippen LogP contribution in [-0.4, -0.2) is 84.7 Å². The summed E-state index contributed by atoms with van der Waals surface area (Å²) in [6.07, 6.45) is -2.82. The Bertz CT molecular complexity index is 1560. The second-order valence-electron chi connectivity index (χ2n) is 8.67. The minimum absolute atomic E-state index is 0.00395. The Morgan fingerprint density at radius 3 is 2.67 bits per heavy atom. The molecule has 3 atom stereocenters. The van der Waals surface area contributed by atoms with Gasteiger partial charge in [0.25, 0.3) is 5.60 Å². The zero-order valence-electron chi connectivity index (χ0n) is 20.7. The van der Waals surface area contributed by atoms with Gasteiger partial charge in [0.2, 0.25) is 5.28 Å². The number of carboxylic acids is 2. The summed E-state index contributed by atoms with van der Waals surface area (Å²) < 4.78 is 32.7. The molecule has 3 aromatic heterocycles. The molecule has 1 aliphatic heterocycles. The zero-order chi connectivity index (χ0) is 29.2. The van der Waals surface area contributed by atoms with Crippen LogP contribution in [0.1, 0.15) is 28.8 Å². The molecule has 0 saturated carbocycles. The molecule has 3 unspecified atom stereocenters. The van der Waals surface area contributed by atoms with Crippen LogP contribution >= 0.6 is 11.6 Å². The number of furan rings is 1. The number of carbonyl (C=O) groups excluding carboxylic acids is 1. The first-order chi connectivity index (χ1) is 19.1. The lowest BCUT2D eigenvalue weighted by Crippen LogP contribution is -2.52. The van der Waals surface area contributed by atoms with Gasteiger partial charge in [0.1, 0.15) is 17.3 Å². The van der Waals surface area contributed by atoms with Crippen LogP contribution in [0, 0.1) is 0 Å². The highest BCUT2D eigenvalue weighted by Crippen LogP contribution is 2.35. The van der Waals surface area contributed by atoms with E-state index in [0.717, 1.165) is 7.11 Å². The number of nitrogens with two attached hydrogens (primary N) is 1. The maximum atomic E-state index is 15.0. The highest BCUT2D eigenvalue weighted by Gasteiger charge is 2.50. The predicted octanol–water partition coefficient (Wildman–Crippen LogP) is 2.02. The Kier molecular flexibility index (Phi) is 8.29. The number of hydrogen-bond acceptors (Lipinski definition) is 11. The van der Waals surface area contributed by atoms with Crippen LogP contribution in [0.25, 0.3) is 22.1 Å². The summed E-state index contributed by atoms with van der Waals surface area (Å²) >= 11 is 5.86. The summed E-state index contributed by atoms with van der Waals surface area (Å²) in [7, 11) is 1.00. The molecule has 212 valence electrons. The molecule has 16 heteroatoms. The monoisotopic (exact) mass is 579 g/mol. The summed E-state index contributed by atoms with van der Waals surface area (Å²) in [5.41, 5.74) is 4.08. The van der Waals surface area contributed by atoms with Crippen molar-refractivity contribution >= 4 is 57.8 Å². The first-order valence-corrected chi connectivity index (χ1v) is 12.0. The number of aliphatic hydroxyl groups excluding tert-OH is 1. The number of ether oxygens (including phenoxy) is 2. The second kappa shape index (κ2) is 11.5. The number of imidazole rings is 1. The number of alkyl halides is 1. The predicted molar refractivity (Wildman–Crippen MR) is 136 cm³/mol. The number of halogens is 2. The SMILES string of the molecule is CO.Nc1nc(Cl)nc2c1ncn2C1OC(COC(Cc2ccc3oc(C=O)cc3c2)(C(=O)O)C(=O)O)CC1F. The first kappa shape index (κ1) is 28.8. The standard InChI is InChI=1S/C23H19ClFN5O8.CH4O/c24-22-28-17(26)16-18(29-22)30(9-27-16)19-14(25)5-13(38-19)8-36-23(20(32)33,21(34)35)6-10-1-2-15-11(3-10)4-12(7-31)37-15;1-2/h1-4,7,9,13-14,19H,5-6,8H2,(H,32,33)(H,34,35)(H2,26,28,29);2H,1H3. The topological polar surface area (TPSA) is 213 Å². The number of aliphatic hydroxyl groups is 1. The third-order valence-corrected chi connectivity index (χ3v) is 6.37. The van der Waals surface area contributed by atoms with Crippen molar-refractivity contribution in [2.24, 2.45) is 0 Å². The second-order valence-corrected chi connectivity index (χ2v) is 9.00. The van der Waals surface area contributed by atoms with Crippen molar-refractivity contribution in [2.45, 2.75) is 36.9 Å². The number of fused-ring (bicyclic) bond motifs is 2. The normalized spacial score (nSPS) is 18.9. The Hall–Kier alpha value is -4.18. The number of aromatic nitrogens is 4. The van der Waals surface area contributed by atoms with Gasteiger partial charge >= 0.3 is 11.9 Å². The number of aldehydes is 1. The number of benzene rings is 1. The third kappa shape index (κ3) is 5.31. The van der Waals surface area contributed by atoms with Crippen molar-refractivity contribution in [2.75, 3.05) is 19.5 Å². The summed E-state index contributed by atoms with van der Waals surface area (Å²) in [4.78, 5) is 47.2. The van der Waals surface area contributed by atoms with Crippen molar-refractivity contribution < 1.29 is 48.0 Å². The molecule has 40 heavy (non-hydrogen) atoms. The van der Waals surface area contributed by atoms with Gasteiger partial charge in [-0.1, -0.05) is 6.07 Å². The average molecular weight is 580 g/mol. The minimum Gasteiger partial charge on any atom is -0.479 e. The van der Waals surface area contributed by atoms with E-state index in [1.165, 1.54) is 35.2 Å². The van der Waals surface area contributed by atoms with E-state index in [1.807, 2.05) is 0 Å². The van der Waals surface area contributed by atoms with Gasteiger partial charge in [-0.3, -0.25) is 9.36 Å². The highest BCUT2D eigenvalue weighted by atomic mass is 35.5. The van der Waals surface area contributed by atoms with Gasteiger partial charge in [-0.05, 0) is 35.4 Å². The van der Waals surface area contributed by atoms with Crippen LogP contribution in [0.4, 0.5) is 10.2 Å². The van der Waals surface area contributed by atoms with E-state index in [1.54, 1.807) is 0 Å². The largest absolute Gasteiger partial charge is 0.479 e. The molecule has 0 spiro atoms. The van der Waals surface area contributed by atoms with Crippen LogP contribution < -0.4 is 5.73 Å². The number of rotatable bonds is 9. The molecular formula is C24H23ClFN5O9. The maximum absolute atomic E-state index is 15.0. The fourth-order valence-electron chi connectivity index (χ4n) is 4.37. The fourth-order valence-corrected chi connectivity index (χ4v) is 4.54. The van der Waals surface area contributed by atoms with Gasteiger partial charge in [0, 0.05) is 25.3 Å². The van der Waals surface area contributed by atoms with Crippen LogP contribution in [0.5, 0.6) is 0 Å². The molecule has 1 fully saturated rings. The third-order valence-electron chi connectivity index (χ3n) is 6.20. The van der Waals surface area contributed by atoms with E-state index < -0.39 is 49.1 Å². The van der Waals surface area contributed by atoms with Gasteiger partial charge < -0.3 is 34.9 Å². The van der Waals surface area contributed by atoms with E-state index >= 15 is 0 Å². The van der Waals surface area contributed by atoms with Crippen molar-refractivity contribution in [1.29, 1.82) is 0 Å². The van der Waals surface area contributed by atoms with Gasteiger partial charge in [-0.15, -0.1) is 0 Å². The average Bonchev–Trinajstić information content (AvgIpc) is 3.63. The lowest BCUT2D eigenvalue weighted by atomic mass is 9.93. The molecule has 0 radical (unpaired) electrons. The maximum Gasteiger partial charge on any atom is 0.348 e. The van der Waals surface area contributed by atoms with E-state index in [9.17, 15) is 29.0 Å². The molecule has 4 heterocycles. The van der Waals surface area contributed by atoms with Crippen LogP contribution in [-0.2, 0) is 25.5 Å². The highest BCUT2D eigenvalue weighted by molar-refractivity contribution is 6.28. The van der Waals surface area contributed by atoms with Crippen molar-refractivity contribution in [3.63, 3.8) is 0 Å². The lowest BCUT2D eigenvalue weighted by molar-refractivity contribution is -0.188. The summed E-state index contributed by atoms with van der Waals surface area (Å²) in [5.74, 6) is -3.44. The first-order valence-electron chi connectivity index (χ1n) is 11.6. The molecule has 0 aliphatic carbocycles. The molecule has 1 saturated heterocycles. The fraction of sp³-hybridized carbons (Fsp3) is 0.333. The van der Waals surface area contributed by atoms with Gasteiger partial charge in [-0.2, -0.15) is 9.97 Å². The zero-order valence-corrected chi connectivity index (χ0v) is 21.5. The molecular weight excluding hydrogens is 557 g/mol. The van der Waals surface area contributed by atoms with E-state index in [0.29, 0.717) is 22.8 Å². The minimum atomic E-state index is -2.70. The van der Waals surface area contributed by atoms with E-state index in [2.05, 4.69) is 15.0 Å². The van der Waals surface area contributed by atoms with Crippen LogP contribution in [0.15, 0.2) is 35.0 Å². The summed E-state index contributed by atoms with van der Waals surface area (Å²) in [6, 6.07) is 5.89. The smallest absolute Gasteiger partial charge is 0.348 e. The molecule has 0 bridgehead atoms. The molecule has 1 aliphatic rings. The van der Waals surface area contributed by atoms with Crippen molar-refractivity contribution in [3.05, 3.63) is 47.2 Å². The van der Waals surface area contributed by atoms with Gasteiger partial charge in [-0.25, -0.2) is 19.0 Å². The molecule has 5 N–H and O–H groups in total. The van der Waals surface area contributed by atoms with Crippen LogP contribution in [0.2, 0.25) is 5.28 Å². The molecule has 1 aromatic carbocycles. The van der Waals surface area contributed by atoms with E-state index in [-0.39, 0.29) is 34.4 Å². The number of anilines is 1. The number of hydrogen-bond donors (Lipinski definition) is 4. The van der Waals surface area contributed by atoms with E-state index in [4.69, 9.17) is 36.3 Å². The number of nitrogen functional groups attached to an aromatic ring is 1. The molecule has 5 rings (SSSR count). The summed E-state index contributed by atoms with van der Waals surface area (Å²) in [6.45, 7) is -0.538. The number of carboxylic acid groups (broad SMARTS) is 2. The summed E-state index contributed by atoms with van der Waals surface area (Å²) in [5, 5.41) is 27.1. The van der Waals surface area contributed by atoms with Gasteiger partial charge in [0.05, 0.1) is 19.0 Å². The number of carbonyl (C=O) groups is 3. The number of nitrogens with zero attached hydrogens (tertiary/aromatic N) is 4. The quantitative estimate of drug-likeness (QED) is 0.127. The molecule has 14 nitrogen and oxygen atoms in total. The van der Waals surface area contributed by atoms with Crippen LogP contribution in [0.3, 0.4) is 0 Å². The van der Waals surface area contributed by atoms with Crippen molar-refractivity contribution in [1.82, 2.24) is 19.5 Å². The Morgan fingerprint density at radius 2 is 2.00 bits per heavy atom.